The van der Waals surface area contributed by atoms with Gasteiger partial charge in [0.2, 0.25) is 0 Å². The van der Waals surface area contributed by atoms with Gasteiger partial charge in [-0.3, -0.25) is 0 Å². The van der Waals surface area contributed by atoms with E-state index in [1.54, 1.807) is 0 Å². The summed E-state index contributed by atoms with van der Waals surface area (Å²) in [5.41, 5.74) is 9.31. The summed E-state index contributed by atoms with van der Waals surface area (Å²) in [5, 5.41) is 0. The molecule has 1 heterocycles. The zero-order valence-corrected chi connectivity index (χ0v) is 7.83. The van der Waals surface area contributed by atoms with Crippen LogP contribution in [0.2, 0.25) is 0 Å². The first-order valence-electron chi connectivity index (χ1n) is 4.61. The monoisotopic (exact) mass is 174 g/mol. The maximum absolute atomic E-state index is 5.90. The van der Waals surface area contributed by atoms with Gasteiger partial charge in [0.15, 0.2) is 0 Å². The Balaban J connectivity index is 2.41. The van der Waals surface area contributed by atoms with Crippen molar-refractivity contribution < 1.29 is 0 Å². The molecule has 0 bridgehead atoms. The summed E-state index contributed by atoms with van der Waals surface area (Å²) in [7, 11) is 0. The van der Waals surface area contributed by atoms with Crippen LogP contribution in [0.15, 0.2) is 24.4 Å². The van der Waals surface area contributed by atoms with Gasteiger partial charge in [0.1, 0.15) is 0 Å². The van der Waals surface area contributed by atoms with E-state index in [0.717, 1.165) is 18.8 Å². The summed E-state index contributed by atoms with van der Waals surface area (Å²) in [6, 6.07) is 6.07. The Hall–Kier alpha value is -1.44. The van der Waals surface area contributed by atoms with E-state index >= 15 is 0 Å². The standard InChI is InChI=1S/C11H14N2/c1-2-13-7-6-9-4-3-5-11(12)10(9)8-13/h3-7H,2,8,12H2,1H3. The second-order valence-electron chi connectivity index (χ2n) is 3.29. The number of nitrogens with two attached hydrogens (primary N) is 1. The minimum atomic E-state index is 0.903. The number of benzene rings is 1. The highest BCUT2D eigenvalue weighted by molar-refractivity contribution is 5.64. The Morgan fingerprint density at radius 3 is 3.08 bits per heavy atom. The minimum absolute atomic E-state index is 0.903. The number of hydrogen-bond donors (Lipinski definition) is 1. The summed E-state index contributed by atoms with van der Waals surface area (Å²) in [5.74, 6) is 0. The molecule has 0 saturated carbocycles. The van der Waals surface area contributed by atoms with Gasteiger partial charge in [-0.05, 0) is 30.8 Å². The van der Waals surface area contributed by atoms with Crippen LogP contribution in [0.3, 0.4) is 0 Å². The second kappa shape index (κ2) is 3.13. The second-order valence-corrected chi connectivity index (χ2v) is 3.29. The normalized spacial score (nSPS) is 14.4. The molecule has 2 heteroatoms. The van der Waals surface area contributed by atoms with E-state index in [2.05, 4.69) is 30.2 Å². The van der Waals surface area contributed by atoms with Gasteiger partial charge in [-0.2, -0.15) is 0 Å². The van der Waals surface area contributed by atoms with Crippen molar-refractivity contribution in [1.29, 1.82) is 0 Å². The summed E-state index contributed by atoms with van der Waals surface area (Å²) < 4.78 is 0. The number of nitrogen functional groups attached to an aromatic ring is 1. The smallest absolute Gasteiger partial charge is 0.0450 e. The zero-order valence-electron chi connectivity index (χ0n) is 7.83. The van der Waals surface area contributed by atoms with E-state index < -0.39 is 0 Å². The van der Waals surface area contributed by atoms with Gasteiger partial charge < -0.3 is 10.6 Å². The Bertz CT molecular complexity index is 342. The molecule has 1 aliphatic heterocycles. The molecule has 0 atom stereocenters. The fourth-order valence-electron chi connectivity index (χ4n) is 1.62. The van der Waals surface area contributed by atoms with Gasteiger partial charge in [-0.25, -0.2) is 0 Å². The molecular formula is C11H14N2. The number of nitrogens with zero attached hydrogens (tertiary/aromatic N) is 1. The quantitative estimate of drug-likeness (QED) is 0.660. The summed E-state index contributed by atoms with van der Waals surface area (Å²) >= 11 is 0. The predicted molar refractivity (Wildman–Crippen MR) is 56.0 cm³/mol. The highest BCUT2D eigenvalue weighted by atomic mass is 15.1. The maximum atomic E-state index is 5.90. The van der Waals surface area contributed by atoms with Crippen LogP contribution in [-0.4, -0.2) is 11.4 Å². The van der Waals surface area contributed by atoms with Gasteiger partial charge in [-0.15, -0.1) is 0 Å². The van der Waals surface area contributed by atoms with E-state index in [4.69, 9.17) is 5.73 Å². The average Bonchev–Trinajstić information content (AvgIpc) is 2.18. The number of rotatable bonds is 1. The number of anilines is 1. The summed E-state index contributed by atoms with van der Waals surface area (Å²) in [6.45, 7) is 4.12. The van der Waals surface area contributed by atoms with Crippen molar-refractivity contribution in [2.45, 2.75) is 13.5 Å². The van der Waals surface area contributed by atoms with Crippen molar-refractivity contribution in [1.82, 2.24) is 4.90 Å². The molecule has 13 heavy (non-hydrogen) atoms. The van der Waals surface area contributed by atoms with E-state index in [0.29, 0.717) is 0 Å². The third kappa shape index (κ3) is 1.39. The molecule has 0 aliphatic carbocycles. The molecule has 0 spiro atoms. The van der Waals surface area contributed by atoms with Crippen LogP contribution in [-0.2, 0) is 6.54 Å². The lowest BCUT2D eigenvalue weighted by atomic mass is 10.0. The Kier molecular flexibility index (Phi) is 1.97. The van der Waals surface area contributed by atoms with E-state index in [9.17, 15) is 0 Å². The lowest BCUT2D eigenvalue weighted by molar-refractivity contribution is 0.388. The molecule has 0 fully saturated rings. The molecule has 1 aromatic rings. The van der Waals surface area contributed by atoms with Crippen LogP contribution in [0.4, 0.5) is 5.69 Å². The van der Waals surface area contributed by atoms with E-state index in [1.807, 2.05) is 12.1 Å². The van der Waals surface area contributed by atoms with Gasteiger partial charge >= 0.3 is 0 Å². The van der Waals surface area contributed by atoms with E-state index in [-0.39, 0.29) is 0 Å². The van der Waals surface area contributed by atoms with Gasteiger partial charge in [-0.1, -0.05) is 12.1 Å². The van der Waals surface area contributed by atoms with Crippen LogP contribution < -0.4 is 5.73 Å². The van der Waals surface area contributed by atoms with Crippen molar-refractivity contribution in [2.75, 3.05) is 12.3 Å². The van der Waals surface area contributed by atoms with Crippen LogP contribution in [0.1, 0.15) is 18.1 Å². The number of hydrogen-bond acceptors (Lipinski definition) is 2. The molecule has 2 rings (SSSR count). The van der Waals surface area contributed by atoms with E-state index in [1.165, 1.54) is 11.1 Å². The van der Waals surface area contributed by atoms with Gasteiger partial charge in [0.05, 0.1) is 0 Å². The molecule has 0 aromatic heterocycles. The molecule has 1 aliphatic rings. The van der Waals surface area contributed by atoms with Gasteiger partial charge in [0.25, 0.3) is 0 Å². The lowest BCUT2D eigenvalue weighted by Gasteiger charge is -2.24. The fraction of sp³-hybridized carbons (Fsp3) is 0.273. The van der Waals surface area contributed by atoms with Crippen molar-refractivity contribution in [3.8, 4) is 0 Å². The first-order valence-corrected chi connectivity index (χ1v) is 4.61. The molecule has 0 saturated heterocycles. The highest BCUT2D eigenvalue weighted by Gasteiger charge is 2.10. The number of fused-ring (bicyclic) bond motifs is 1. The Morgan fingerprint density at radius 2 is 2.31 bits per heavy atom. The third-order valence-corrected chi connectivity index (χ3v) is 2.48. The minimum Gasteiger partial charge on any atom is -0.398 e. The summed E-state index contributed by atoms with van der Waals surface area (Å²) in [6.07, 6.45) is 4.25. The lowest BCUT2D eigenvalue weighted by Crippen LogP contribution is -2.20. The van der Waals surface area contributed by atoms with Crippen molar-refractivity contribution >= 4 is 11.8 Å². The maximum Gasteiger partial charge on any atom is 0.0450 e. The topological polar surface area (TPSA) is 29.3 Å². The molecule has 0 amide bonds. The molecule has 1 aromatic carbocycles. The van der Waals surface area contributed by atoms with Crippen molar-refractivity contribution in [3.63, 3.8) is 0 Å². The predicted octanol–water partition coefficient (Wildman–Crippen LogP) is 2.08. The molecule has 0 radical (unpaired) electrons. The molecule has 68 valence electrons. The van der Waals surface area contributed by atoms with Gasteiger partial charge in [0, 0.05) is 24.3 Å². The van der Waals surface area contributed by atoms with Crippen LogP contribution in [0, 0.1) is 0 Å². The van der Waals surface area contributed by atoms with Crippen molar-refractivity contribution in [3.05, 3.63) is 35.5 Å². The average molecular weight is 174 g/mol. The first-order chi connectivity index (χ1) is 6.31. The van der Waals surface area contributed by atoms with Crippen molar-refractivity contribution in [2.24, 2.45) is 0 Å². The van der Waals surface area contributed by atoms with Crippen LogP contribution >= 0.6 is 0 Å². The third-order valence-electron chi connectivity index (χ3n) is 2.48. The fourth-order valence-corrected chi connectivity index (χ4v) is 1.62. The van der Waals surface area contributed by atoms with Crippen LogP contribution in [0.5, 0.6) is 0 Å². The molecule has 2 N–H and O–H groups in total. The molecular weight excluding hydrogens is 160 g/mol. The molecule has 2 nitrogen and oxygen atoms in total. The first kappa shape index (κ1) is 8.17. The zero-order chi connectivity index (χ0) is 9.26. The largest absolute Gasteiger partial charge is 0.398 e. The molecule has 0 unspecified atom stereocenters. The summed E-state index contributed by atoms with van der Waals surface area (Å²) in [4.78, 5) is 2.25. The Morgan fingerprint density at radius 1 is 1.46 bits per heavy atom. The Labute approximate surface area is 78.7 Å². The highest BCUT2D eigenvalue weighted by Crippen LogP contribution is 2.24. The van der Waals surface area contributed by atoms with Crippen LogP contribution in [0.25, 0.3) is 6.08 Å². The SMILES string of the molecule is CCN1C=Cc2cccc(N)c2C1.